The van der Waals surface area contributed by atoms with Gasteiger partial charge in [-0.05, 0) is 35.8 Å². The van der Waals surface area contributed by atoms with Gasteiger partial charge in [0.05, 0.1) is 17.7 Å². The summed E-state index contributed by atoms with van der Waals surface area (Å²) in [5, 5.41) is 9.25. The lowest BCUT2D eigenvalue weighted by Crippen LogP contribution is -2.40. The van der Waals surface area contributed by atoms with Gasteiger partial charge in [-0.25, -0.2) is 0 Å². The van der Waals surface area contributed by atoms with E-state index in [9.17, 15) is 10.1 Å². The lowest BCUT2D eigenvalue weighted by atomic mass is 10.1. The Bertz CT molecular complexity index is 720. The van der Waals surface area contributed by atoms with Crippen molar-refractivity contribution in [3.63, 3.8) is 0 Å². The van der Waals surface area contributed by atoms with Crippen molar-refractivity contribution in [2.24, 2.45) is 0 Å². The number of nitriles is 1. The number of anilines is 1. The van der Waals surface area contributed by atoms with E-state index in [1.807, 2.05) is 53.5 Å². The van der Waals surface area contributed by atoms with E-state index in [1.165, 1.54) is 0 Å². The molecule has 2 aliphatic rings. The highest BCUT2D eigenvalue weighted by atomic mass is 16.2. The normalized spacial score (nSPS) is 18.4. The summed E-state index contributed by atoms with van der Waals surface area (Å²) in [7, 11) is 0. The Morgan fingerprint density at radius 1 is 1.27 bits per heavy atom. The number of carbonyl (C=O) groups is 1. The molecule has 3 rings (SSSR count). The average molecular weight is 290 g/mol. The SMILES string of the molecule is CCCCC(=O)N(c1ccccc1)C1C2=CC(C#N)=C1C=C2. The number of nitrogens with zero attached hydrogens (tertiary/aromatic N) is 2. The molecule has 0 aliphatic heterocycles. The first-order chi connectivity index (χ1) is 10.8. The number of benzene rings is 1. The number of fused-ring (bicyclic) bond motifs is 2. The van der Waals surface area contributed by atoms with E-state index >= 15 is 0 Å². The molecular weight excluding hydrogens is 272 g/mol. The van der Waals surface area contributed by atoms with Gasteiger partial charge in [0, 0.05) is 12.1 Å². The van der Waals surface area contributed by atoms with Crippen molar-refractivity contribution < 1.29 is 4.79 Å². The minimum Gasteiger partial charge on any atom is -0.301 e. The predicted octanol–water partition coefficient (Wildman–Crippen LogP) is 3.91. The van der Waals surface area contributed by atoms with E-state index < -0.39 is 0 Å². The van der Waals surface area contributed by atoms with Crippen LogP contribution in [-0.4, -0.2) is 11.9 Å². The smallest absolute Gasteiger partial charge is 0.227 e. The van der Waals surface area contributed by atoms with Gasteiger partial charge < -0.3 is 4.90 Å². The lowest BCUT2D eigenvalue weighted by Gasteiger charge is -2.30. The number of hydrogen-bond acceptors (Lipinski definition) is 2. The third kappa shape index (κ3) is 2.37. The summed E-state index contributed by atoms with van der Waals surface area (Å²) in [6.45, 7) is 2.08. The fourth-order valence-electron chi connectivity index (χ4n) is 3.02. The summed E-state index contributed by atoms with van der Waals surface area (Å²) in [6.07, 6.45) is 8.26. The summed E-state index contributed by atoms with van der Waals surface area (Å²) >= 11 is 0. The van der Waals surface area contributed by atoms with E-state index in [1.54, 1.807) is 0 Å². The Morgan fingerprint density at radius 2 is 2.05 bits per heavy atom. The molecule has 2 bridgehead atoms. The number of amides is 1. The molecule has 2 aliphatic carbocycles. The predicted molar refractivity (Wildman–Crippen MR) is 87.1 cm³/mol. The summed E-state index contributed by atoms with van der Waals surface area (Å²) in [4.78, 5) is 14.6. The van der Waals surface area contributed by atoms with Crippen molar-refractivity contribution >= 4 is 11.6 Å². The third-order valence-corrected chi connectivity index (χ3v) is 4.11. The van der Waals surface area contributed by atoms with Crippen LogP contribution in [0.2, 0.25) is 0 Å². The Balaban J connectivity index is 1.98. The van der Waals surface area contributed by atoms with Crippen LogP contribution in [0.15, 0.2) is 65.3 Å². The van der Waals surface area contributed by atoms with Crippen LogP contribution in [0.4, 0.5) is 5.69 Å². The molecule has 0 spiro atoms. The Morgan fingerprint density at radius 3 is 2.68 bits per heavy atom. The van der Waals surface area contributed by atoms with Crippen LogP contribution in [0.5, 0.6) is 0 Å². The van der Waals surface area contributed by atoms with Crippen LogP contribution in [0.25, 0.3) is 0 Å². The molecule has 110 valence electrons. The van der Waals surface area contributed by atoms with E-state index in [-0.39, 0.29) is 11.9 Å². The van der Waals surface area contributed by atoms with Gasteiger partial charge in [0.15, 0.2) is 0 Å². The molecule has 0 aromatic heterocycles. The maximum absolute atomic E-state index is 12.8. The summed E-state index contributed by atoms with van der Waals surface area (Å²) in [5.74, 6) is 0.115. The van der Waals surface area contributed by atoms with Gasteiger partial charge in [0.2, 0.25) is 5.91 Å². The van der Waals surface area contributed by atoms with E-state index in [2.05, 4.69) is 13.0 Å². The van der Waals surface area contributed by atoms with Crippen molar-refractivity contribution in [2.45, 2.75) is 32.2 Å². The largest absolute Gasteiger partial charge is 0.301 e. The number of hydrogen-bond donors (Lipinski definition) is 0. The Hall–Kier alpha value is -2.60. The zero-order valence-corrected chi connectivity index (χ0v) is 12.6. The van der Waals surface area contributed by atoms with Crippen molar-refractivity contribution in [1.29, 1.82) is 5.26 Å². The average Bonchev–Trinajstić information content (AvgIpc) is 3.11. The first-order valence-electron chi connectivity index (χ1n) is 7.67. The molecule has 0 N–H and O–H groups in total. The molecule has 1 aromatic carbocycles. The molecule has 3 nitrogen and oxygen atoms in total. The minimum absolute atomic E-state index is 0.115. The molecule has 1 atom stereocenters. The van der Waals surface area contributed by atoms with Gasteiger partial charge in [-0.15, -0.1) is 0 Å². The van der Waals surface area contributed by atoms with Gasteiger partial charge in [-0.1, -0.05) is 43.7 Å². The number of unbranched alkanes of at least 4 members (excludes halogenated alkanes) is 1. The lowest BCUT2D eigenvalue weighted by molar-refractivity contribution is -0.118. The number of allylic oxidation sites excluding steroid dienone is 2. The first-order valence-corrected chi connectivity index (χ1v) is 7.67. The zero-order chi connectivity index (χ0) is 15.5. The van der Waals surface area contributed by atoms with Gasteiger partial charge in [0.25, 0.3) is 0 Å². The van der Waals surface area contributed by atoms with Crippen molar-refractivity contribution in [3.05, 3.63) is 65.3 Å². The maximum Gasteiger partial charge on any atom is 0.227 e. The molecule has 0 saturated carbocycles. The molecule has 0 heterocycles. The second kappa shape index (κ2) is 6.03. The molecule has 0 saturated heterocycles. The van der Waals surface area contributed by atoms with Gasteiger partial charge in [-0.3, -0.25) is 4.79 Å². The number of carbonyl (C=O) groups excluding carboxylic acids is 1. The molecule has 1 aromatic rings. The van der Waals surface area contributed by atoms with Gasteiger partial charge in [-0.2, -0.15) is 5.26 Å². The van der Waals surface area contributed by atoms with Crippen LogP contribution in [0.1, 0.15) is 26.2 Å². The van der Waals surface area contributed by atoms with Gasteiger partial charge in [0.1, 0.15) is 0 Å². The van der Waals surface area contributed by atoms with E-state index in [0.29, 0.717) is 12.0 Å². The molecular formula is C19H18N2O. The molecule has 3 heteroatoms. The fourth-order valence-corrected chi connectivity index (χ4v) is 3.02. The van der Waals surface area contributed by atoms with E-state index in [0.717, 1.165) is 29.7 Å². The number of para-hydroxylation sites is 1. The monoisotopic (exact) mass is 290 g/mol. The van der Waals surface area contributed by atoms with Gasteiger partial charge >= 0.3 is 0 Å². The first kappa shape index (κ1) is 14.3. The van der Waals surface area contributed by atoms with Crippen molar-refractivity contribution in [2.75, 3.05) is 4.90 Å². The van der Waals surface area contributed by atoms with E-state index in [4.69, 9.17) is 0 Å². The molecule has 0 fully saturated rings. The summed E-state index contributed by atoms with van der Waals surface area (Å²) in [5.41, 5.74) is 3.53. The number of rotatable bonds is 5. The topological polar surface area (TPSA) is 44.1 Å². The quantitative estimate of drug-likeness (QED) is 0.825. The molecule has 0 radical (unpaired) electrons. The molecule has 1 unspecified atom stereocenters. The standard InChI is InChI=1S/C19H18N2O/c1-2-3-9-18(22)21(16-7-5-4-6-8-16)19-14-10-11-17(19)15(12-14)13-20/h4-8,10-12,19H,2-3,9H2,1H3. The zero-order valence-electron chi connectivity index (χ0n) is 12.6. The summed E-state index contributed by atoms with van der Waals surface area (Å²) < 4.78 is 0. The third-order valence-electron chi connectivity index (χ3n) is 4.11. The Kier molecular flexibility index (Phi) is 3.93. The van der Waals surface area contributed by atoms with Crippen LogP contribution in [0, 0.1) is 11.3 Å². The minimum atomic E-state index is -0.138. The highest BCUT2D eigenvalue weighted by Gasteiger charge is 2.37. The highest BCUT2D eigenvalue weighted by molar-refractivity contribution is 5.96. The molecule has 22 heavy (non-hydrogen) atoms. The van der Waals surface area contributed by atoms with Crippen LogP contribution in [0.3, 0.4) is 0 Å². The van der Waals surface area contributed by atoms with Crippen LogP contribution >= 0.6 is 0 Å². The molecule has 1 amide bonds. The van der Waals surface area contributed by atoms with Crippen LogP contribution < -0.4 is 4.90 Å². The second-order valence-corrected chi connectivity index (χ2v) is 5.56. The van der Waals surface area contributed by atoms with Crippen molar-refractivity contribution in [1.82, 2.24) is 0 Å². The second-order valence-electron chi connectivity index (χ2n) is 5.56. The summed E-state index contributed by atoms with van der Waals surface area (Å²) in [6, 6.07) is 11.8. The maximum atomic E-state index is 12.8. The Labute approximate surface area is 130 Å². The fraction of sp³-hybridized carbons (Fsp3) is 0.263. The highest BCUT2D eigenvalue weighted by Crippen LogP contribution is 2.39. The van der Waals surface area contributed by atoms with Crippen LogP contribution in [-0.2, 0) is 4.79 Å². The van der Waals surface area contributed by atoms with Crippen molar-refractivity contribution in [3.8, 4) is 6.07 Å².